The number of rotatable bonds is 3. The number of likely N-dealkylation sites (tertiary alicyclic amines) is 2. The van der Waals surface area contributed by atoms with Gasteiger partial charge in [-0.3, -0.25) is 0 Å². The van der Waals surface area contributed by atoms with Gasteiger partial charge in [-0.2, -0.15) is 5.26 Å². The lowest BCUT2D eigenvalue weighted by atomic mass is 9.96. The van der Waals surface area contributed by atoms with Gasteiger partial charge in [-0.25, -0.2) is 14.8 Å². The first-order chi connectivity index (χ1) is 13.1. The molecule has 8 heteroatoms. The molecule has 2 saturated heterocycles. The molecule has 0 aliphatic carbocycles. The molecule has 1 N–H and O–H groups in total. The molecule has 27 heavy (non-hydrogen) atoms. The average molecular weight is 383 g/mol. The van der Waals surface area contributed by atoms with Gasteiger partial charge in [-0.05, 0) is 36.8 Å². The zero-order valence-corrected chi connectivity index (χ0v) is 15.4. The summed E-state index contributed by atoms with van der Waals surface area (Å²) in [6.07, 6.45) is 4.69. The molecule has 2 amide bonds. The second-order valence-corrected chi connectivity index (χ2v) is 7.33. The van der Waals surface area contributed by atoms with Crippen LogP contribution in [-0.4, -0.2) is 58.0 Å². The summed E-state index contributed by atoms with van der Waals surface area (Å²) >= 11 is 5.93. The van der Waals surface area contributed by atoms with Gasteiger partial charge in [0, 0.05) is 48.9 Å². The van der Waals surface area contributed by atoms with E-state index < -0.39 is 0 Å². The molecule has 1 atom stereocenters. The lowest BCUT2D eigenvalue weighted by Crippen LogP contribution is -2.54. The Hall–Kier alpha value is -2.85. The van der Waals surface area contributed by atoms with Crippen LogP contribution in [0, 0.1) is 11.5 Å². The lowest BCUT2D eigenvalue weighted by molar-refractivity contribution is 0.147. The monoisotopic (exact) mass is 382 g/mol. The highest BCUT2D eigenvalue weighted by molar-refractivity contribution is 6.30. The molecule has 7 nitrogen and oxygen atoms in total. The van der Waals surface area contributed by atoms with Crippen molar-refractivity contribution in [1.82, 2.24) is 25.1 Å². The number of nitrogens with zero attached hydrogens (tertiary/aromatic N) is 5. The number of hydrogen-bond acceptors (Lipinski definition) is 5. The van der Waals surface area contributed by atoms with Crippen LogP contribution in [0.25, 0.3) is 11.4 Å². The van der Waals surface area contributed by atoms with Gasteiger partial charge in [0.2, 0.25) is 0 Å². The second-order valence-electron chi connectivity index (χ2n) is 6.90. The summed E-state index contributed by atoms with van der Waals surface area (Å²) in [5, 5.41) is 12.6. The molecule has 2 aliphatic rings. The molecular formula is C19H19ClN6O. The Bertz CT molecular complexity index is 875. The summed E-state index contributed by atoms with van der Waals surface area (Å²) in [6.45, 7) is 2.57. The van der Waals surface area contributed by atoms with Gasteiger partial charge >= 0.3 is 6.03 Å². The van der Waals surface area contributed by atoms with Crippen molar-refractivity contribution in [3.8, 4) is 17.6 Å². The molecule has 2 aromatic rings. The van der Waals surface area contributed by atoms with Gasteiger partial charge in [0.25, 0.3) is 0 Å². The topological polar surface area (TPSA) is 85.2 Å². The quantitative estimate of drug-likeness (QED) is 0.824. The summed E-state index contributed by atoms with van der Waals surface area (Å²) in [5.74, 6) is 0.874. The Kier molecular flexibility index (Phi) is 4.82. The molecule has 138 valence electrons. The van der Waals surface area contributed by atoms with Crippen molar-refractivity contribution in [2.45, 2.75) is 18.4 Å². The van der Waals surface area contributed by atoms with E-state index in [1.54, 1.807) is 16.0 Å². The number of aromatic nitrogens is 2. The van der Waals surface area contributed by atoms with E-state index in [1.807, 2.05) is 30.3 Å². The minimum absolute atomic E-state index is 0.0479. The number of nitrogens with one attached hydrogen (secondary N) is 1. The Balaban J connectivity index is 1.34. The highest BCUT2D eigenvalue weighted by Gasteiger charge is 2.34. The molecule has 4 rings (SSSR count). The van der Waals surface area contributed by atoms with Crippen molar-refractivity contribution in [2.75, 3.05) is 26.2 Å². The third kappa shape index (κ3) is 3.81. The minimum atomic E-state index is -0.0666. The second kappa shape index (κ2) is 7.41. The van der Waals surface area contributed by atoms with Crippen LogP contribution in [0.5, 0.6) is 0 Å². The van der Waals surface area contributed by atoms with E-state index in [9.17, 15) is 4.79 Å². The van der Waals surface area contributed by atoms with Crippen molar-refractivity contribution in [3.05, 3.63) is 47.2 Å². The molecular weight excluding hydrogens is 364 g/mol. The van der Waals surface area contributed by atoms with Crippen molar-refractivity contribution >= 4 is 17.6 Å². The van der Waals surface area contributed by atoms with Gasteiger partial charge < -0.3 is 15.1 Å². The Morgan fingerprint density at radius 2 is 2.00 bits per heavy atom. The maximum Gasteiger partial charge on any atom is 0.317 e. The maximum absolute atomic E-state index is 12.3. The van der Waals surface area contributed by atoms with Crippen LogP contribution >= 0.6 is 11.6 Å². The predicted octanol–water partition coefficient (Wildman–Crippen LogP) is 2.46. The molecule has 1 unspecified atom stereocenters. The number of hydrogen-bond donors (Lipinski definition) is 1. The van der Waals surface area contributed by atoms with Crippen molar-refractivity contribution in [3.63, 3.8) is 0 Å². The molecule has 0 saturated carbocycles. The fourth-order valence-corrected chi connectivity index (χ4v) is 3.53. The van der Waals surface area contributed by atoms with Crippen LogP contribution in [0.15, 0.2) is 36.5 Å². The summed E-state index contributed by atoms with van der Waals surface area (Å²) in [7, 11) is 0. The summed E-state index contributed by atoms with van der Waals surface area (Å²) in [4.78, 5) is 24.8. The molecule has 2 aliphatic heterocycles. The first-order valence-corrected chi connectivity index (χ1v) is 9.29. The molecule has 0 spiro atoms. The van der Waals surface area contributed by atoms with E-state index in [4.69, 9.17) is 16.9 Å². The molecule has 1 aromatic heterocycles. The van der Waals surface area contributed by atoms with Crippen molar-refractivity contribution in [1.29, 1.82) is 5.26 Å². The molecule has 0 bridgehead atoms. The Morgan fingerprint density at radius 3 is 2.70 bits per heavy atom. The van der Waals surface area contributed by atoms with Gasteiger partial charge in [-0.15, -0.1) is 0 Å². The van der Waals surface area contributed by atoms with E-state index in [0.29, 0.717) is 37.0 Å². The zero-order chi connectivity index (χ0) is 18.8. The van der Waals surface area contributed by atoms with Crippen LogP contribution in [0.3, 0.4) is 0 Å². The molecule has 3 heterocycles. The average Bonchev–Trinajstić information content (AvgIpc) is 3.09. The summed E-state index contributed by atoms with van der Waals surface area (Å²) < 4.78 is 0. The number of carbonyl (C=O) groups is 1. The first kappa shape index (κ1) is 17.6. The zero-order valence-electron chi connectivity index (χ0n) is 14.7. The number of halogens is 1. The van der Waals surface area contributed by atoms with E-state index in [0.717, 1.165) is 17.7 Å². The Labute approximate surface area is 162 Å². The standard InChI is InChI=1S/C19H19ClN6O/c20-15-3-1-13(2-4-15)18-22-7-5-17(24-18)14-9-26(10-14)19(27)23-16-6-8-25(11-16)12-21/h1-5,7,14,16H,6,8-11H2,(H,23,27). The van der Waals surface area contributed by atoms with Gasteiger partial charge in [0.15, 0.2) is 12.0 Å². The fourth-order valence-electron chi connectivity index (χ4n) is 3.40. The minimum Gasteiger partial charge on any atom is -0.333 e. The van der Waals surface area contributed by atoms with Crippen LogP contribution in [0.4, 0.5) is 4.79 Å². The molecule has 2 fully saturated rings. The van der Waals surface area contributed by atoms with E-state index in [1.165, 1.54) is 0 Å². The first-order valence-electron chi connectivity index (χ1n) is 8.91. The normalized spacial score (nSPS) is 19.5. The van der Waals surface area contributed by atoms with Gasteiger partial charge in [0.1, 0.15) is 0 Å². The van der Waals surface area contributed by atoms with Crippen LogP contribution < -0.4 is 5.32 Å². The summed E-state index contributed by atoms with van der Waals surface area (Å²) in [6, 6.07) is 9.32. The van der Waals surface area contributed by atoms with Crippen molar-refractivity contribution < 1.29 is 4.79 Å². The third-order valence-electron chi connectivity index (χ3n) is 5.02. The SMILES string of the molecule is N#CN1CCC(NC(=O)N2CC(c3ccnc(-c4ccc(Cl)cc4)n3)C2)C1. The number of nitriles is 1. The van der Waals surface area contributed by atoms with Crippen molar-refractivity contribution in [2.24, 2.45) is 0 Å². The highest BCUT2D eigenvalue weighted by atomic mass is 35.5. The largest absolute Gasteiger partial charge is 0.333 e. The number of benzene rings is 1. The Morgan fingerprint density at radius 1 is 1.22 bits per heavy atom. The predicted molar refractivity (Wildman–Crippen MR) is 101 cm³/mol. The third-order valence-corrected chi connectivity index (χ3v) is 5.28. The maximum atomic E-state index is 12.3. The number of amides is 2. The van der Waals surface area contributed by atoms with E-state index in [-0.39, 0.29) is 18.0 Å². The van der Waals surface area contributed by atoms with Gasteiger partial charge in [0.05, 0.1) is 11.7 Å². The molecule has 0 radical (unpaired) electrons. The number of carbonyl (C=O) groups excluding carboxylic acids is 1. The van der Waals surface area contributed by atoms with E-state index >= 15 is 0 Å². The van der Waals surface area contributed by atoms with Crippen LogP contribution in [0.1, 0.15) is 18.0 Å². The van der Waals surface area contributed by atoms with Gasteiger partial charge in [-0.1, -0.05) is 11.6 Å². The summed E-state index contributed by atoms with van der Waals surface area (Å²) in [5.41, 5.74) is 1.86. The molecule has 1 aromatic carbocycles. The smallest absolute Gasteiger partial charge is 0.317 e. The van der Waals surface area contributed by atoms with Crippen LogP contribution in [0.2, 0.25) is 5.02 Å². The lowest BCUT2D eigenvalue weighted by Gasteiger charge is -2.39. The van der Waals surface area contributed by atoms with E-state index in [2.05, 4.69) is 21.5 Å². The number of urea groups is 1. The van der Waals surface area contributed by atoms with Crippen LogP contribution in [-0.2, 0) is 0 Å². The fraction of sp³-hybridized carbons (Fsp3) is 0.368. The highest BCUT2D eigenvalue weighted by Crippen LogP contribution is 2.27.